The molecule has 1 N–H and O–H groups in total. The van der Waals surface area contributed by atoms with Crippen molar-refractivity contribution < 1.29 is 26.4 Å². The first-order chi connectivity index (χ1) is 12.0. The maximum atomic E-state index is 12.7. The second-order valence-electron chi connectivity index (χ2n) is 6.71. The summed E-state index contributed by atoms with van der Waals surface area (Å²) in [5.74, 6) is -1.84. The number of hydrogen-bond donors (Lipinski definition) is 1. The summed E-state index contributed by atoms with van der Waals surface area (Å²) in [6.07, 6.45) is -2.77. The minimum Gasteiger partial charge on any atom is -0.352 e. The summed E-state index contributed by atoms with van der Waals surface area (Å²) in [7, 11) is -3.68. The number of para-hydroxylation sites is 1. The summed E-state index contributed by atoms with van der Waals surface area (Å²) in [5, 5.41) is 2.67. The highest BCUT2D eigenvalue weighted by Gasteiger charge is 2.41. The third kappa shape index (κ3) is 5.36. The molecule has 9 heteroatoms. The van der Waals surface area contributed by atoms with Crippen LogP contribution in [0.1, 0.15) is 31.2 Å². The van der Waals surface area contributed by atoms with Crippen LogP contribution in [-0.2, 0) is 14.8 Å². The molecular formula is C17H23F3N2O3S. The van der Waals surface area contributed by atoms with Crippen molar-refractivity contribution in [2.75, 3.05) is 17.1 Å². The Hall–Kier alpha value is -1.77. The lowest BCUT2D eigenvalue weighted by Crippen LogP contribution is -2.46. The number of nitrogens with zero attached hydrogens (tertiary/aromatic N) is 1. The third-order valence-electron chi connectivity index (χ3n) is 4.63. The minimum absolute atomic E-state index is 0.0258. The van der Waals surface area contributed by atoms with Gasteiger partial charge in [-0.3, -0.25) is 9.10 Å². The van der Waals surface area contributed by atoms with E-state index in [1.165, 1.54) is 0 Å². The standard InChI is InChI=1S/C17H23F3N2O3S/c1-12-5-3-4-6-15(12)22(26(2,24)25)11-16(23)21-14-9-7-13(8-10-14)17(18,19)20/h3-6,13-14H,7-11H2,1-2H3,(H,21,23). The molecule has 0 aromatic heterocycles. The number of benzene rings is 1. The Kier molecular flexibility index (Phi) is 6.21. The van der Waals surface area contributed by atoms with Gasteiger partial charge in [-0.05, 0) is 44.2 Å². The first kappa shape index (κ1) is 20.5. The van der Waals surface area contributed by atoms with E-state index in [0.29, 0.717) is 11.3 Å². The molecule has 1 amide bonds. The number of aryl methyl sites for hydroxylation is 1. The molecule has 146 valence electrons. The fraction of sp³-hybridized carbons (Fsp3) is 0.588. The number of hydrogen-bond acceptors (Lipinski definition) is 3. The maximum absolute atomic E-state index is 12.7. The van der Waals surface area contributed by atoms with Gasteiger partial charge in [0.25, 0.3) is 0 Å². The molecule has 5 nitrogen and oxygen atoms in total. The number of rotatable bonds is 5. The SMILES string of the molecule is Cc1ccccc1N(CC(=O)NC1CCC(C(F)(F)F)CC1)S(C)(=O)=O. The Bertz CT molecular complexity index is 742. The Labute approximate surface area is 151 Å². The van der Waals surface area contributed by atoms with E-state index in [-0.39, 0.29) is 31.7 Å². The largest absolute Gasteiger partial charge is 0.391 e. The van der Waals surface area contributed by atoms with Gasteiger partial charge < -0.3 is 5.32 Å². The van der Waals surface area contributed by atoms with Crippen LogP contribution in [0.3, 0.4) is 0 Å². The number of amides is 1. The van der Waals surface area contributed by atoms with Gasteiger partial charge in [-0.15, -0.1) is 0 Å². The van der Waals surface area contributed by atoms with E-state index < -0.39 is 34.6 Å². The van der Waals surface area contributed by atoms with Gasteiger partial charge >= 0.3 is 6.18 Å². The molecule has 0 unspecified atom stereocenters. The quantitative estimate of drug-likeness (QED) is 0.838. The number of alkyl halides is 3. The van der Waals surface area contributed by atoms with Crippen LogP contribution in [0.2, 0.25) is 0 Å². The Morgan fingerprint density at radius 3 is 2.27 bits per heavy atom. The number of halogens is 3. The number of anilines is 1. The molecule has 1 fully saturated rings. The van der Waals surface area contributed by atoms with Crippen molar-refractivity contribution >= 4 is 21.6 Å². The highest BCUT2D eigenvalue weighted by Crippen LogP contribution is 2.37. The van der Waals surface area contributed by atoms with Crippen LogP contribution in [0.4, 0.5) is 18.9 Å². The summed E-state index contributed by atoms with van der Waals surface area (Å²) in [4.78, 5) is 12.3. The molecule has 1 aliphatic rings. The Morgan fingerprint density at radius 2 is 1.77 bits per heavy atom. The van der Waals surface area contributed by atoms with Gasteiger partial charge in [-0.1, -0.05) is 18.2 Å². The molecule has 0 spiro atoms. The molecule has 1 aromatic rings. The summed E-state index contributed by atoms with van der Waals surface area (Å²) in [5.41, 5.74) is 1.11. The van der Waals surface area contributed by atoms with E-state index >= 15 is 0 Å². The van der Waals surface area contributed by atoms with Gasteiger partial charge in [0, 0.05) is 6.04 Å². The first-order valence-corrected chi connectivity index (χ1v) is 10.2. The van der Waals surface area contributed by atoms with Crippen molar-refractivity contribution in [2.24, 2.45) is 5.92 Å². The molecule has 0 heterocycles. The molecule has 0 bridgehead atoms. The highest BCUT2D eigenvalue weighted by molar-refractivity contribution is 7.92. The predicted molar refractivity (Wildman–Crippen MR) is 93.3 cm³/mol. The van der Waals surface area contributed by atoms with E-state index in [9.17, 15) is 26.4 Å². The second kappa shape index (κ2) is 7.85. The molecule has 1 aliphatic carbocycles. The molecule has 0 saturated heterocycles. The van der Waals surface area contributed by atoms with Crippen molar-refractivity contribution in [3.05, 3.63) is 29.8 Å². The van der Waals surface area contributed by atoms with Crippen molar-refractivity contribution in [3.63, 3.8) is 0 Å². The zero-order chi connectivity index (χ0) is 19.5. The zero-order valence-electron chi connectivity index (χ0n) is 14.7. The lowest BCUT2D eigenvalue weighted by molar-refractivity contribution is -0.182. The molecule has 1 aromatic carbocycles. The smallest absolute Gasteiger partial charge is 0.352 e. The van der Waals surface area contributed by atoms with Crippen molar-refractivity contribution in [2.45, 2.75) is 44.8 Å². The van der Waals surface area contributed by atoms with Crippen LogP contribution in [0.15, 0.2) is 24.3 Å². The number of sulfonamides is 1. The summed E-state index contributed by atoms with van der Waals surface area (Å²) in [6, 6.07) is 6.43. The summed E-state index contributed by atoms with van der Waals surface area (Å²) in [6.45, 7) is 1.34. The minimum atomic E-state index is -4.20. The summed E-state index contributed by atoms with van der Waals surface area (Å²) < 4.78 is 63.3. The van der Waals surface area contributed by atoms with Crippen LogP contribution in [0.5, 0.6) is 0 Å². The van der Waals surface area contributed by atoms with Gasteiger partial charge in [-0.25, -0.2) is 8.42 Å². The molecule has 0 atom stereocenters. The normalized spacial score (nSPS) is 21.3. The second-order valence-corrected chi connectivity index (χ2v) is 8.62. The van der Waals surface area contributed by atoms with E-state index in [0.717, 1.165) is 10.6 Å². The predicted octanol–water partition coefficient (Wildman–Crippen LogP) is 3.00. The van der Waals surface area contributed by atoms with Gasteiger partial charge in [0.15, 0.2) is 0 Å². The molecular weight excluding hydrogens is 369 g/mol. The number of nitrogens with one attached hydrogen (secondary N) is 1. The van der Waals surface area contributed by atoms with Crippen LogP contribution >= 0.6 is 0 Å². The highest BCUT2D eigenvalue weighted by atomic mass is 32.2. The van der Waals surface area contributed by atoms with Crippen LogP contribution in [0, 0.1) is 12.8 Å². The van der Waals surface area contributed by atoms with Gasteiger partial charge in [0.05, 0.1) is 17.9 Å². The fourth-order valence-corrected chi connectivity index (χ4v) is 4.11. The lowest BCUT2D eigenvalue weighted by atomic mass is 9.85. The third-order valence-corrected chi connectivity index (χ3v) is 5.75. The van der Waals surface area contributed by atoms with Crippen LogP contribution < -0.4 is 9.62 Å². The van der Waals surface area contributed by atoms with Crippen LogP contribution in [0.25, 0.3) is 0 Å². The fourth-order valence-electron chi connectivity index (χ4n) is 3.19. The van der Waals surface area contributed by atoms with Crippen LogP contribution in [-0.4, -0.2) is 39.3 Å². The lowest BCUT2D eigenvalue weighted by Gasteiger charge is -2.31. The van der Waals surface area contributed by atoms with E-state index in [2.05, 4.69) is 5.32 Å². The van der Waals surface area contributed by atoms with Crippen molar-refractivity contribution in [1.82, 2.24) is 5.32 Å². The van der Waals surface area contributed by atoms with E-state index in [4.69, 9.17) is 0 Å². The van der Waals surface area contributed by atoms with Gasteiger partial charge in [0.1, 0.15) is 6.54 Å². The van der Waals surface area contributed by atoms with E-state index in [1.54, 1.807) is 31.2 Å². The Morgan fingerprint density at radius 1 is 1.19 bits per heavy atom. The monoisotopic (exact) mass is 392 g/mol. The average Bonchev–Trinajstić information content (AvgIpc) is 2.52. The topological polar surface area (TPSA) is 66.5 Å². The molecule has 26 heavy (non-hydrogen) atoms. The average molecular weight is 392 g/mol. The molecule has 0 radical (unpaired) electrons. The number of carbonyl (C=O) groups is 1. The van der Waals surface area contributed by atoms with Gasteiger partial charge in [-0.2, -0.15) is 13.2 Å². The van der Waals surface area contributed by atoms with Crippen molar-refractivity contribution in [3.8, 4) is 0 Å². The van der Waals surface area contributed by atoms with E-state index in [1.807, 2.05) is 0 Å². The maximum Gasteiger partial charge on any atom is 0.391 e. The van der Waals surface area contributed by atoms with Gasteiger partial charge in [0.2, 0.25) is 15.9 Å². The first-order valence-electron chi connectivity index (χ1n) is 8.38. The molecule has 1 saturated carbocycles. The number of carbonyl (C=O) groups excluding carboxylic acids is 1. The molecule has 2 rings (SSSR count). The molecule has 0 aliphatic heterocycles. The Balaban J connectivity index is 2.00. The zero-order valence-corrected chi connectivity index (χ0v) is 15.5. The van der Waals surface area contributed by atoms with Crippen molar-refractivity contribution in [1.29, 1.82) is 0 Å². The summed E-state index contributed by atoms with van der Waals surface area (Å²) >= 11 is 0.